The Hall–Kier alpha value is -2.01. The number of pyridine rings is 1. The molecule has 27 heavy (non-hydrogen) atoms. The molecule has 0 atom stereocenters. The van der Waals surface area contributed by atoms with Gasteiger partial charge in [0.15, 0.2) is 0 Å². The number of aromatic nitrogens is 1. The first-order chi connectivity index (χ1) is 12.3. The van der Waals surface area contributed by atoms with Crippen molar-refractivity contribution in [2.75, 3.05) is 20.2 Å². The molecule has 4 nitrogen and oxygen atoms in total. The summed E-state index contributed by atoms with van der Waals surface area (Å²) in [5, 5.41) is 4.43. The summed E-state index contributed by atoms with van der Waals surface area (Å²) in [5.41, 5.74) is 3.19. The van der Waals surface area contributed by atoms with Crippen molar-refractivity contribution < 1.29 is 9.47 Å². The van der Waals surface area contributed by atoms with Gasteiger partial charge in [-0.3, -0.25) is 4.98 Å². The summed E-state index contributed by atoms with van der Waals surface area (Å²) in [7, 11) is 1.68. The number of benzene rings is 2. The number of rotatable bonds is 4. The van der Waals surface area contributed by atoms with Gasteiger partial charge in [-0.15, -0.1) is 24.8 Å². The Morgan fingerprint density at radius 1 is 0.889 bits per heavy atom. The van der Waals surface area contributed by atoms with Crippen molar-refractivity contribution in [1.82, 2.24) is 10.3 Å². The van der Waals surface area contributed by atoms with Crippen molar-refractivity contribution in [2.24, 2.45) is 0 Å². The fourth-order valence-electron chi connectivity index (χ4n) is 3.23. The molecular weight excluding hydrogens is 383 g/mol. The van der Waals surface area contributed by atoms with Crippen molar-refractivity contribution >= 4 is 35.7 Å². The summed E-state index contributed by atoms with van der Waals surface area (Å²) >= 11 is 0. The fourth-order valence-corrected chi connectivity index (χ4v) is 3.23. The lowest BCUT2D eigenvalue weighted by Gasteiger charge is -2.23. The predicted molar refractivity (Wildman–Crippen MR) is 115 cm³/mol. The highest BCUT2D eigenvalue weighted by atomic mass is 35.5. The molecule has 0 spiro atoms. The minimum absolute atomic E-state index is 0. The van der Waals surface area contributed by atoms with Crippen molar-refractivity contribution in [3.05, 3.63) is 54.7 Å². The highest BCUT2D eigenvalue weighted by Crippen LogP contribution is 2.27. The van der Waals surface area contributed by atoms with Crippen LogP contribution in [-0.4, -0.2) is 31.3 Å². The minimum atomic E-state index is 0. The Bertz CT molecular complexity index is 866. The Labute approximate surface area is 172 Å². The van der Waals surface area contributed by atoms with Gasteiger partial charge in [0.1, 0.15) is 17.6 Å². The van der Waals surface area contributed by atoms with Gasteiger partial charge in [-0.1, -0.05) is 12.1 Å². The second-order valence-electron chi connectivity index (χ2n) is 6.37. The molecule has 6 heteroatoms. The number of halogens is 2. The highest BCUT2D eigenvalue weighted by molar-refractivity contribution is 5.86. The SMILES string of the molecule is COc1ccc2ncc(-c3ccc(OC4CCNCC4)cc3)cc2c1.Cl.Cl. The standard InChI is InChI=1S/C21H22N2O2.2ClH/c1-24-20-6-7-21-16(13-20)12-17(14-23-21)15-2-4-18(5-3-15)25-19-8-10-22-11-9-19;;/h2-7,12-14,19,22H,8-11H2,1H3;2*1H. The first-order valence-electron chi connectivity index (χ1n) is 8.73. The summed E-state index contributed by atoms with van der Waals surface area (Å²) in [6.45, 7) is 2.07. The largest absolute Gasteiger partial charge is 0.497 e. The average Bonchev–Trinajstić information content (AvgIpc) is 2.68. The van der Waals surface area contributed by atoms with E-state index in [0.29, 0.717) is 6.10 Å². The Balaban J connectivity index is 0.00000131. The molecule has 1 fully saturated rings. The molecule has 0 unspecified atom stereocenters. The first-order valence-corrected chi connectivity index (χ1v) is 8.73. The van der Waals surface area contributed by atoms with Crippen LogP contribution in [0.4, 0.5) is 0 Å². The lowest BCUT2D eigenvalue weighted by atomic mass is 10.0. The summed E-state index contributed by atoms with van der Waals surface area (Å²) in [6.07, 6.45) is 4.37. The van der Waals surface area contributed by atoms with Gasteiger partial charge in [0, 0.05) is 17.1 Å². The molecule has 3 aromatic rings. The zero-order valence-corrected chi connectivity index (χ0v) is 16.8. The van der Waals surface area contributed by atoms with Crippen LogP contribution in [0.1, 0.15) is 12.8 Å². The van der Waals surface area contributed by atoms with Gasteiger partial charge in [-0.25, -0.2) is 0 Å². The van der Waals surface area contributed by atoms with E-state index < -0.39 is 0 Å². The van der Waals surface area contributed by atoms with E-state index in [2.05, 4.69) is 28.5 Å². The van der Waals surface area contributed by atoms with Gasteiger partial charge in [0.25, 0.3) is 0 Å². The molecule has 1 aliphatic heterocycles. The van der Waals surface area contributed by atoms with Crippen LogP contribution in [0.15, 0.2) is 54.7 Å². The molecular formula is C21H24Cl2N2O2. The molecule has 1 aliphatic rings. The van der Waals surface area contributed by atoms with Gasteiger partial charge in [-0.05, 0) is 67.9 Å². The van der Waals surface area contributed by atoms with E-state index >= 15 is 0 Å². The number of hydrogen-bond acceptors (Lipinski definition) is 4. The predicted octanol–water partition coefficient (Wildman–Crippen LogP) is 4.88. The third-order valence-corrected chi connectivity index (χ3v) is 4.67. The Kier molecular flexibility index (Phi) is 7.72. The molecule has 1 saturated heterocycles. The van der Waals surface area contributed by atoms with Crippen LogP contribution in [-0.2, 0) is 0 Å². The van der Waals surface area contributed by atoms with E-state index in [1.807, 2.05) is 36.5 Å². The number of nitrogens with zero attached hydrogens (tertiary/aromatic N) is 1. The molecule has 4 rings (SSSR count). The van der Waals surface area contributed by atoms with Crippen molar-refractivity contribution in [3.8, 4) is 22.6 Å². The van der Waals surface area contributed by atoms with Crippen LogP contribution < -0.4 is 14.8 Å². The first kappa shape index (κ1) is 21.3. The topological polar surface area (TPSA) is 43.4 Å². The molecule has 1 N–H and O–H groups in total. The summed E-state index contributed by atoms with van der Waals surface area (Å²) in [5.74, 6) is 1.78. The Morgan fingerprint density at radius 3 is 2.30 bits per heavy atom. The normalized spacial score (nSPS) is 14.1. The maximum atomic E-state index is 6.07. The average molecular weight is 407 g/mol. The van der Waals surface area contributed by atoms with Crippen LogP contribution in [0.2, 0.25) is 0 Å². The van der Waals surface area contributed by atoms with E-state index in [1.54, 1.807) is 7.11 Å². The summed E-state index contributed by atoms with van der Waals surface area (Å²) in [6, 6.07) is 16.4. The van der Waals surface area contributed by atoms with Crippen molar-refractivity contribution in [2.45, 2.75) is 18.9 Å². The van der Waals surface area contributed by atoms with E-state index in [4.69, 9.17) is 9.47 Å². The molecule has 1 aromatic heterocycles. The third-order valence-electron chi connectivity index (χ3n) is 4.67. The van der Waals surface area contributed by atoms with Gasteiger partial charge < -0.3 is 14.8 Å². The molecule has 0 bridgehead atoms. The van der Waals surface area contributed by atoms with Gasteiger partial charge in [0.05, 0.1) is 12.6 Å². The summed E-state index contributed by atoms with van der Waals surface area (Å²) < 4.78 is 11.4. The molecule has 0 radical (unpaired) electrons. The van der Waals surface area contributed by atoms with E-state index in [0.717, 1.165) is 59.5 Å². The number of hydrogen-bond donors (Lipinski definition) is 1. The second kappa shape index (κ2) is 9.79. The van der Waals surface area contributed by atoms with Crippen LogP contribution in [0.5, 0.6) is 11.5 Å². The molecule has 0 saturated carbocycles. The number of nitrogens with one attached hydrogen (secondary N) is 1. The maximum Gasteiger partial charge on any atom is 0.119 e. The second-order valence-corrected chi connectivity index (χ2v) is 6.37. The zero-order valence-electron chi connectivity index (χ0n) is 15.2. The zero-order chi connectivity index (χ0) is 17.1. The Morgan fingerprint density at radius 2 is 1.59 bits per heavy atom. The number of fused-ring (bicyclic) bond motifs is 1. The fraction of sp³-hybridized carbons (Fsp3) is 0.286. The van der Waals surface area contributed by atoms with E-state index in [-0.39, 0.29) is 24.8 Å². The van der Waals surface area contributed by atoms with Gasteiger partial charge >= 0.3 is 0 Å². The monoisotopic (exact) mass is 406 g/mol. The number of piperidine rings is 1. The quantitative estimate of drug-likeness (QED) is 0.669. The maximum absolute atomic E-state index is 6.07. The van der Waals surface area contributed by atoms with E-state index in [9.17, 15) is 0 Å². The van der Waals surface area contributed by atoms with Crippen molar-refractivity contribution in [3.63, 3.8) is 0 Å². The van der Waals surface area contributed by atoms with Gasteiger partial charge in [0.2, 0.25) is 0 Å². The summed E-state index contributed by atoms with van der Waals surface area (Å²) in [4.78, 5) is 4.56. The number of ether oxygens (including phenoxy) is 2. The highest BCUT2D eigenvalue weighted by Gasteiger charge is 2.14. The van der Waals surface area contributed by atoms with Gasteiger partial charge in [-0.2, -0.15) is 0 Å². The molecule has 0 aliphatic carbocycles. The van der Waals surface area contributed by atoms with E-state index in [1.165, 1.54) is 0 Å². The minimum Gasteiger partial charge on any atom is -0.497 e. The smallest absolute Gasteiger partial charge is 0.119 e. The molecule has 2 heterocycles. The lowest BCUT2D eigenvalue weighted by Crippen LogP contribution is -2.34. The van der Waals surface area contributed by atoms with Crippen LogP contribution in [0.25, 0.3) is 22.0 Å². The van der Waals surface area contributed by atoms with Crippen molar-refractivity contribution in [1.29, 1.82) is 0 Å². The number of methoxy groups -OCH3 is 1. The van der Waals surface area contributed by atoms with Crippen LogP contribution in [0, 0.1) is 0 Å². The molecule has 144 valence electrons. The molecule has 0 amide bonds. The lowest BCUT2D eigenvalue weighted by molar-refractivity contribution is 0.162. The van der Waals surface area contributed by atoms with Crippen LogP contribution in [0.3, 0.4) is 0 Å². The molecule has 2 aromatic carbocycles. The third kappa shape index (κ3) is 5.04. The van der Waals surface area contributed by atoms with Crippen LogP contribution >= 0.6 is 24.8 Å².